The van der Waals surface area contributed by atoms with Crippen molar-refractivity contribution in [2.75, 3.05) is 5.33 Å². The van der Waals surface area contributed by atoms with Crippen molar-refractivity contribution in [1.29, 1.82) is 0 Å². The molecule has 0 aliphatic carbocycles. The van der Waals surface area contributed by atoms with Crippen LogP contribution in [-0.2, 0) is 9.53 Å². The van der Waals surface area contributed by atoms with Crippen molar-refractivity contribution in [2.45, 2.75) is 32.7 Å². The number of hydrogen-bond acceptors (Lipinski definition) is 2. The Morgan fingerprint density at radius 2 is 2.07 bits per heavy atom. The molecular formula is C10H16Br2O2. The standard InChI is InChI=1S/C10H16Br2O2/c1-5-7(2)8(13)14-9(12)10(3,4)6-11/h5,9H,6H2,1-4H3/b7-5+. The molecule has 1 atom stereocenters. The van der Waals surface area contributed by atoms with E-state index in [0.29, 0.717) is 5.57 Å². The summed E-state index contributed by atoms with van der Waals surface area (Å²) in [4.78, 5) is 11.4. The van der Waals surface area contributed by atoms with Gasteiger partial charge in [0.25, 0.3) is 0 Å². The van der Waals surface area contributed by atoms with Crippen LogP contribution in [0.5, 0.6) is 0 Å². The summed E-state index contributed by atoms with van der Waals surface area (Å²) in [6, 6.07) is 0. The van der Waals surface area contributed by atoms with E-state index in [2.05, 4.69) is 31.9 Å². The van der Waals surface area contributed by atoms with Crippen LogP contribution in [0.4, 0.5) is 0 Å². The summed E-state index contributed by atoms with van der Waals surface area (Å²) < 4.78 is 5.24. The summed E-state index contributed by atoms with van der Waals surface area (Å²) in [6.07, 6.45) is 1.74. The summed E-state index contributed by atoms with van der Waals surface area (Å²) in [5, 5.41) is 0.481. The number of carbonyl (C=O) groups excluding carboxylic acids is 1. The molecule has 0 bridgehead atoms. The summed E-state index contributed by atoms with van der Waals surface area (Å²) in [7, 11) is 0. The maximum atomic E-state index is 11.4. The molecule has 0 heterocycles. The van der Waals surface area contributed by atoms with Crippen molar-refractivity contribution in [1.82, 2.24) is 0 Å². The van der Waals surface area contributed by atoms with Gasteiger partial charge in [0, 0.05) is 16.3 Å². The van der Waals surface area contributed by atoms with Crippen LogP contribution in [0.15, 0.2) is 11.6 Å². The Hall–Kier alpha value is 0.170. The minimum Gasteiger partial charge on any atom is -0.447 e. The van der Waals surface area contributed by atoms with Gasteiger partial charge in [-0.3, -0.25) is 0 Å². The summed E-state index contributed by atoms with van der Waals surface area (Å²) in [6.45, 7) is 7.58. The van der Waals surface area contributed by atoms with Crippen molar-refractivity contribution in [3.63, 3.8) is 0 Å². The zero-order chi connectivity index (χ0) is 11.4. The molecule has 0 aliphatic heterocycles. The molecule has 0 radical (unpaired) electrons. The lowest BCUT2D eigenvalue weighted by Crippen LogP contribution is -2.30. The maximum Gasteiger partial charge on any atom is 0.334 e. The van der Waals surface area contributed by atoms with Crippen LogP contribution in [0.2, 0.25) is 0 Å². The van der Waals surface area contributed by atoms with E-state index in [4.69, 9.17) is 4.74 Å². The molecule has 2 nitrogen and oxygen atoms in total. The van der Waals surface area contributed by atoms with Crippen molar-refractivity contribution in [3.05, 3.63) is 11.6 Å². The largest absolute Gasteiger partial charge is 0.447 e. The minimum atomic E-state index is -0.281. The third kappa shape index (κ3) is 4.13. The quantitative estimate of drug-likeness (QED) is 0.447. The maximum absolute atomic E-state index is 11.4. The Labute approximate surface area is 102 Å². The fraction of sp³-hybridized carbons (Fsp3) is 0.700. The van der Waals surface area contributed by atoms with Gasteiger partial charge in [0.1, 0.15) is 0 Å². The van der Waals surface area contributed by atoms with Gasteiger partial charge < -0.3 is 4.74 Å². The van der Waals surface area contributed by atoms with E-state index in [9.17, 15) is 4.79 Å². The van der Waals surface area contributed by atoms with Crippen LogP contribution in [0.25, 0.3) is 0 Å². The first-order valence-electron chi connectivity index (χ1n) is 4.39. The van der Waals surface area contributed by atoms with E-state index in [1.165, 1.54) is 0 Å². The second kappa shape index (κ2) is 5.91. The Kier molecular flexibility index (Phi) is 5.98. The Bertz CT molecular complexity index is 234. The SMILES string of the molecule is C/C=C(\C)C(=O)OC(Br)C(C)(C)CBr. The van der Waals surface area contributed by atoms with Gasteiger partial charge in [-0.1, -0.05) is 35.9 Å². The highest BCUT2D eigenvalue weighted by atomic mass is 79.9. The van der Waals surface area contributed by atoms with Crippen LogP contribution in [0, 0.1) is 5.41 Å². The molecule has 0 saturated carbocycles. The number of hydrogen-bond donors (Lipinski definition) is 0. The van der Waals surface area contributed by atoms with Gasteiger partial charge in [0.15, 0.2) is 5.01 Å². The van der Waals surface area contributed by atoms with Gasteiger partial charge in [-0.25, -0.2) is 4.79 Å². The molecule has 0 aliphatic rings. The van der Waals surface area contributed by atoms with Crippen LogP contribution in [-0.4, -0.2) is 16.3 Å². The zero-order valence-corrected chi connectivity index (χ0v) is 12.1. The number of alkyl halides is 2. The smallest absolute Gasteiger partial charge is 0.334 e. The van der Waals surface area contributed by atoms with Gasteiger partial charge in [-0.2, -0.15) is 0 Å². The zero-order valence-electron chi connectivity index (χ0n) is 8.93. The highest BCUT2D eigenvalue weighted by Crippen LogP contribution is 2.30. The molecule has 0 fully saturated rings. The molecule has 0 amide bonds. The fourth-order valence-electron chi connectivity index (χ4n) is 0.525. The monoisotopic (exact) mass is 326 g/mol. The number of allylic oxidation sites excluding steroid dienone is 1. The van der Waals surface area contributed by atoms with E-state index < -0.39 is 0 Å². The van der Waals surface area contributed by atoms with Gasteiger partial charge in [0.2, 0.25) is 0 Å². The van der Waals surface area contributed by atoms with Crippen molar-refractivity contribution >= 4 is 37.8 Å². The molecule has 0 saturated heterocycles. The Morgan fingerprint density at radius 1 is 1.57 bits per heavy atom. The van der Waals surface area contributed by atoms with Gasteiger partial charge >= 0.3 is 5.97 Å². The first-order valence-corrected chi connectivity index (χ1v) is 6.42. The topological polar surface area (TPSA) is 26.3 Å². The number of esters is 1. The van der Waals surface area contributed by atoms with Gasteiger partial charge in [-0.05, 0) is 29.8 Å². The molecular weight excluding hydrogens is 312 g/mol. The summed E-state index contributed by atoms with van der Waals surface area (Å²) in [5.41, 5.74) is 0.503. The number of halogens is 2. The van der Waals surface area contributed by atoms with Crippen LogP contribution < -0.4 is 0 Å². The van der Waals surface area contributed by atoms with Crippen LogP contribution in [0.3, 0.4) is 0 Å². The third-order valence-corrected chi connectivity index (χ3v) is 4.80. The lowest BCUT2D eigenvalue weighted by molar-refractivity contribution is -0.143. The Morgan fingerprint density at radius 3 is 2.43 bits per heavy atom. The van der Waals surface area contributed by atoms with Gasteiger partial charge in [0.05, 0.1) is 0 Å². The van der Waals surface area contributed by atoms with Gasteiger partial charge in [-0.15, -0.1) is 0 Å². The molecule has 1 unspecified atom stereocenters. The number of rotatable bonds is 4. The van der Waals surface area contributed by atoms with Crippen molar-refractivity contribution < 1.29 is 9.53 Å². The van der Waals surface area contributed by atoms with Crippen molar-refractivity contribution in [3.8, 4) is 0 Å². The van der Waals surface area contributed by atoms with Crippen molar-refractivity contribution in [2.24, 2.45) is 5.41 Å². The first kappa shape index (κ1) is 14.2. The summed E-state index contributed by atoms with van der Waals surface area (Å²) in [5.74, 6) is -0.275. The van der Waals surface area contributed by atoms with Crippen LogP contribution in [0.1, 0.15) is 27.7 Å². The highest BCUT2D eigenvalue weighted by Gasteiger charge is 2.29. The third-order valence-electron chi connectivity index (χ3n) is 1.92. The minimum absolute atomic E-state index is 0.121. The van der Waals surface area contributed by atoms with E-state index >= 15 is 0 Å². The van der Waals surface area contributed by atoms with E-state index in [0.717, 1.165) is 5.33 Å². The predicted octanol–water partition coefficient (Wildman–Crippen LogP) is 3.64. The van der Waals surface area contributed by atoms with E-state index in [1.807, 2.05) is 20.8 Å². The lowest BCUT2D eigenvalue weighted by atomic mass is 9.98. The second-order valence-corrected chi connectivity index (χ2v) is 5.21. The molecule has 4 heteroatoms. The molecule has 0 aromatic heterocycles. The number of ether oxygens (including phenoxy) is 1. The molecule has 14 heavy (non-hydrogen) atoms. The Balaban J connectivity index is 4.34. The van der Waals surface area contributed by atoms with E-state index in [-0.39, 0.29) is 16.4 Å². The van der Waals surface area contributed by atoms with Crippen LogP contribution >= 0.6 is 31.9 Å². The molecule has 0 spiro atoms. The average molecular weight is 328 g/mol. The molecule has 0 aromatic carbocycles. The highest BCUT2D eigenvalue weighted by molar-refractivity contribution is 9.10. The van der Waals surface area contributed by atoms with E-state index in [1.54, 1.807) is 13.0 Å². The normalized spacial score (nSPS) is 15.1. The molecule has 0 aromatic rings. The first-order chi connectivity index (χ1) is 6.35. The lowest BCUT2D eigenvalue weighted by Gasteiger charge is -2.27. The average Bonchev–Trinajstić information content (AvgIpc) is 2.16. The number of carbonyl (C=O) groups is 1. The molecule has 82 valence electrons. The predicted molar refractivity (Wildman–Crippen MR) is 65.8 cm³/mol. The molecule has 0 rings (SSSR count). The second-order valence-electron chi connectivity index (χ2n) is 3.82. The molecule has 0 N–H and O–H groups in total. The fourth-order valence-corrected chi connectivity index (χ4v) is 1.59. The summed E-state index contributed by atoms with van der Waals surface area (Å²) >= 11 is 6.74.